The molecule has 0 bridgehead atoms. The standard InChI is InChI=1S/C28H29FN2O6S/c1-17(18-5-3-2-4-6-18)30-27(33)15-21-14-24-23-13-20(9-12-25(23)37-28(24)26(16-32)36-21)31-38(34,35)22-10-7-19(29)8-11-22/h2-13,17,21,24,26,28,31-32H,14-16H2,1H3,(H,30,33)/t17-,21+,24+,26-,28-/m0/s1. The van der Waals surface area contributed by atoms with Gasteiger partial charge >= 0.3 is 0 Å². The van der Waals surface area contributed by atoms with E-state index in [2.05, 4.69) is 10.0 Å². The van der Waals surface area contributed by atoms with Gasteiger partial charge in [0.1, 0.15) is 23.8 Å². The van der Waals surface area contributed by atoms with E-state index < -0.39 is 34.2 Å². The molecule has 3 N–H and O–H groups in total. The fourth-order valence-corrected chi connectivity index (χ4v) is 6.16. The molecule has 0 aliphatic carbocycles. The summed E-state index contributed by atoms with van der Waals surface area (Å²) in [5.74, 6) is -0.313. The van der Waals surface area contributed by atoms with Crippen molar-refractivity contribution in [3.05, 3.63) is 89.7 Å². The Balaban J connectivity index is 1.30. The number of fused-ring (bicyclic) bond motifs is 3. The van der Waals surface area contributed by atoms with Gasteiger partial charge in [-0.15, -0.1) is 0 Å². The van der Waals surface area contributed by atoms with E-state index in [4.69, 9.17) is 9.47 Å². The van der Waals surface area contributed by atoms with Crippen LogP contribution >= 0.6 is 0 Å². The number of ether oxygens (including phenoxy) is 2. The second kappa shape index (κ2) is 10.7. The van der Waals surface area contributed by atoms with Gasteiger partial charge in [0.25, 0.3) is 10.0 Å². The molecular formula is C28H29FN2O6S. The second-order valence-electron chi connectivity index (χ2n) is 9.62. The summed E-state index contributed by atoms with van der Waals surface area (Å²) < 4.78 is 53.5. The van der Waals surface area contributed by atoms with Gasteiger partial charge in [0.15, 0.2) is 0 Å². The number of nitrogens with one attached hydrogen (secondary N) is 2. The van der Waals surface area contributed by atoms with Crippen molar-refractivity contribution in [3.63, 3.8) is 0 Å². The smallest absolute Gasteiger partial charge is 0.261 e. The minimum atomic E-state index is -3.93. The van der Waals surface area contributed by atoms with Crippen LogP contribution in [0.15, 0.2) is 77.7 Å². The molecular weight excluding hydrogens is 511 g/mol. The van der Waals surface area contributed by atoms with E-state index in [1.165, 1.54) is 12.1 Å². The number of carbonyl (C=O) groups is 1. The maximum atomic E-state index is 13.2. The van der Waals surface area contributed by atoms with Crippen molar-refractivity contribution in [2.75, 3.05) is 11.3 Å². The van der Waals surface area contributed by atoms with E-state index in [1.807, 2.05) is 37.3 Å². The van der Waals surface area contributed by atoms with Crippen LogP contribution in [0.1, 0.15) is 42.9 Å². The number of benzene rings is 3. The summed E-state index contributed by atoms with van der Waals surface area (Å²) in [6, 6.07) is 19.0. The Hall–Kier alpha value is -3.47. The third kappa shape index (κ3) is 5.52. The summed E-state index contributed by atoms with van der Waals surface area (Å²) in [5, 5.41) is 13.0. The molecule has 0 radical (unpaired) electrons. The third-order valence-electron chi connectivity index (χ3n) is 6.97. The maximum absolute atomic E-state index is 13.2. The highest BCUT2D eigenvalue weighted by Gasteiger charge is 2.46. The molecule has 38 heavy (non-hydrogen) atoms. The van der Waals surface area contributed by atoms with Gasteiger partial charge in [0.2, 0.25) is 5.91 Å². The van der Waals surface area contributed by atoms with E-state index in [1.54, 1.807) is 18.2 Å². The molecule has 5 rings (SSSR count). The molecule has 1 fully saturated rings. The highest BCUT2D eigenvalue weighted by atomic mass is 32.2. The number of anilines is 1. The van der Waals surface area contributed by atoms with Crippen molar-refractivity contribution in [1.29, 1.82) is 0 Å². The van der Waals surface area contributed by atoms with Gasteiger partial charge in [0, 0.05) is 17.2 Å². The van der Waals surface area contributed by atoms with Crippen molar-refractivity contribution < 1.29 is 32.2 Å². The molecule has 0 unspecified atom stereocenters. The Labute approximate surface area is 220 Å². The zero-order valence-corrected chi connectivity index (χ0v) is 21.5. The van der Waals surface area contributed by atoms with Crippen LogP contribution in [0.25, 0.3) is 0 Å². The predicted molar refractivity (Wildman–Crippen MR) is 139 cm³/mol. The maximum Gasteiger partial charge on any atom is 0.261 e. The number of rotatable bonds is 8. The van der Waals surface area contributed by atoms with Crippen LogP contribution in [-0.4, -0.2) is 44.4 Å². The molecule has 0 saturated carbocycles. The van der Waals surface area contributed by atoms with Crippen molar-refractivity contribution in [3.8, 4) is 5.75 Å². The summed E-state index contributed by atoms with van der Waals surface area (Å²) in [6.07, 6.45) is -0.963. The van der Waals surface area contributed by atoms with Crippen LogP contribution in [0, 0.1) is 5.82 Å². The minimum absolute atomic E-state index is 0.0595. The van der Waals surface area contributed by atoms with Crippen LogP contribution in [0.2, 0.25) is 0 Å². The van der Waals surface area contributed by atoms with Crippen LogP contribution in [0.4, 0.5) is 10.1 Å². The summed E-state index contributed by atoms with van der Waals surface area (Å²) in [4.78, 5) is 12.7. The Morgan fingerprint density at radius 2 is 1.84 bits per heavy atom. The van der Waals surface area contributed by atoms with E-state index in [9.17, 15) is 22.7 Å². The molecule has 5 atom stereocenters. The topological polar surface area (TPSA) is 114 Å². The first-order valence-corrected chi connectivity index (χ1v) is 13.9. The summed E-state index contributed by atoms with van der Waals surface area (Å²) in [6.45, 7) is 1.63. The van der Waals surface area contributed by atoms with E-state index in [-0.39, 0.29) is 35.8 Å². The fraction of sp³-hybridized carbons (Fsp3) is 0.321. The van der Waals surface area contributed by atoms with E-state index in [0.717, 1.165) is 23.3 Å². The molecule has 3 aromatic rings. The molecule has 3 aromatic carbocycles. The molecule has 10 heteroatoms. The number of hydrogen-bond acceptors (Lipinski definition) is 6. The number of hydrogen-bond donors (Lipinski definition) is 3. The molecule has 1 amide bonds. The summed E-state index contributed by atoms with van der Waals surface area (Å²) in [5.41, 5.74) is 2.10. The first-order valence-electron chi connectivity index (χ1n) is 12.4. The lowest BCUT2D eigenvalue weighted by atomic mass is 9.84. The van der Waals surface area contributed by atoms with Gasteiger partial charge in [-0.2, -0.15) is 0 Å². The molecule has 200 valence electrons. The quantitative estimate of drug-likeness (QED) is 0.400. The van der Waals surface area contributed by atoms with Crippen LogP contribution in [0.5, 0.6) is 5.75 Å². The highest BCUT2D eigenvalue weighted by Crippen LogP contribution is 2.47. The van der Waals surface area contributed by atoms with Crippen molar-refractivity contribution >= 4 is 21.6 Å². The van der Waals surface area contributed by atoms with Crippen molar-refractivity contribution in [2.45, 2.75) is 54.9 Å². The number of sulfonamides is 1. The lowest BCUT2D eigenvalue weighted by Gasteiger charge is -2.37. The number of aliphatic hydroxyl groups excluding tert-OH is 1. The number of aliphatic hydroxyl groups is 1. The monoisotopic (exact) mass is 540 g/mol. The van der Waals surface area contributed by atoms with Gasteiger partial charge in [-0.25, -0.2) is 12.8 Å². The van der Waals surface area contributed by atoms with Crippen LogP contribution in [-0.2, 0) is 19.6 Å². The molecule has 2 aliphatic heterocycles. The highest BCUT2D eigenvalue weighted by molar-refractivity contribution is 7.92. The second-order valence-corrected chi connectivity index (χ2v) is 11.3. The first-order chi connectivity index (χ1) is 18.2. The Kier molecular flexibility index (Phi) is 7.38. The Morgan fingerprint density at radius 1 is 1.11 bits per heavy atom. The average molecular weight is 541 g/mol. The fourth-order valence-electron chi connectivity index (χ4n) is 5.11. The molecule has 1 saturated heterocycles. The zero-order chi connectivity index (χ0) is 26.9. The van der Waals surface area contributed by atoms with Crippen LogP contribution in [0.3, 0.4) is 0 Å². The lowest BCUT2D eigenvalue weighted by Crippen LogP contribution is -2.47. The predicted octanol–water partition coefficient (Wildman–Crippen LogP) is 3.89. The molecule has 2 aliphatic rings. The van der Waals surface area contributed by atoms with Crippen molar-refractivity contribution in [1.82, 2.24) is 5.32 Å². The summed E-state index contributed by atoms with van der Waals surface area (Å²) in [7, 11) is -3.93. The average Bonchev–Trinajstić information content (AvgIpc) is 3.26. The molecule has 0 aromatic heterocycles. The minimum Gasteiger partial charge on any atom is -0.487 e. The molecule has 2 heterocycles. The molecule has 0 spiro atoms. The van der Waals surface area contributed by atoms with Crippen molar-refractivity contribution in [2.24, 2.45) is 0 Å². The Morgan fingerprint density at radius 3 is 2.55 bits per heavy atom. The number of carbonyl (C=O) groups excluding carboxylic acids is 1. The lowest BCUT2D eigenvalue weighted by molar-refractivity contribution is -0.142. The van der Waals surface area contributed by atoms with E-state index in [0.29, 0.717) is 17.9 Å². The van der Waals surface area contributed by atoms with Gasteiger partial charge in [0.05, 0.1) is 30.1 Å². The van der Waals surface area contributed by atoms with E-state index >= 15 is 0 Å². The van der Waals surface area contributed by atoms with Gasteiger partial charge in [-0.1, -0.05) is 30.3 Å². The normalized spacial score (nSPS) is 23.0. The number of amides is 1. The number of halogens is 1. The van der Waals surface area contributed by atoms with Gasteiger partial charge in [-0.05, 0) is 61.4 Å². The molecule has 8 nitrogen and oxygen atoms in total. The van der Waals surface area contributed by atoms with Crippen LogP contribution < -0.4 is 14.8 Å². The third-order valence-corrected chi connectivity index (χ3v) is 8.36. The Bertz CT molecular complexity index is 1400. The zero-order valence-electron chi connectivity index (χ0n) is 20.7. The van der Waals surface area contributed by atoms with Gasteiger partial charge in [-0.3, -0.25) is 9.52 Å². The first kappa shape index (κ1) is 26.1. The summed E-state index contributed by atoms with van der Waals surface area (Å²) >= 11 is 0. The SMILES string of the molecule is C[C@H](NC(=O)C[C@H]1C[C@@H]2c3cc(NS(=O)(=O)c4ccc(F)cc4)ccc3O[C@@H]2[C@H](CO)O1)c1ccccc1. The van der Waals surface area contributed by atoms with Gasteiger partial charge < -0.3 is 19.9 Å². The largest absolute Gasteiger partial charge is 0.487 e.